The Morgan fingerprint density at radius 3 is 1.84 bits per heavy atom. The number of hydrogen-bond donors (Lipinski definition) is 0. The van der Waals surface area contributed by atoms with Crippen molar-refractivity contribution in [1.82, 2.24) is 14.1 Å². The van der Waals surface area contributed by atoms with Gasteiger partial charge in [-0.05, 0) is 69.2 Å². The van der Waals surface area contributed by atoms with Gasteiger partial charge in [-0.25, -0.2) is 8.42 Å². The molecule has 0 spiro atoms. The zero-order chi connectivity index (χ0) is 21.8. The van der Waals surface area contributed by atoms with Crippen LogP contribution in [0.5, 0.6) is 0 Å². The predicted octanol–water partition coefficient (Wildman–Crippen LogP) is 2.73. The fourth-order valence-corrected chi connectivity index (χ4v) is 6.43. The summed E-state index contributed by atoms with van der Waals surface area (Å²) in [5.41, 5.74) is 0.499. The van der Waals surface area contributed by atoms with Gasteiger partial charge in [0, 0.05) is 50.7 Å². The van der Waals surface area contributed by atoms with Crippen LogP contribution in [0.15, 0.2) is 29.2 Å². The highest BCUT2D eigenvalue weighted by Gasteiger charge is 2.31. The maximum Gasteiger partial charge on any atom is 0.253 e. The minimum atomic E-state index is -3.49. The van der Waals surface area contributed by atoms with Crippen molar-refractivity contribution >= 4 is 21.8 Å². The van der Waals surface area contributed by atoms with E-state index in [0.717, 1.165) is 45.2 Å². The van der Waals surface area contributed by atoms with Crippen molar-refractivity contribution in [2.45, 2.75) is 56.3 Å². The Balaban J connectivity index is 1.34. The quantitative estimate of drug-likeness (QED) is 0.711. The van der Waals surface area contributed by atoms with Gasteiger partial charge in [0.25, 0.3) is 5.91 Å². The molecule has 0 atom stereocenters. The van der Waals surface area contributed by atoms with Gasteiger partial charge in [0.2, 0.25) is 15.9 Å². The van der Waals surface area contributed by atoms with E-state index in [2.05, 4.69) is 0 Å². The molecule has 0 bridgehead atoms. The third-order valence-corrected chi connectivity index (χ3v) is 8.77. The molecule has 3 aliphatic heterocycles. The van der Waals surface area contributed by atoms with E-state index in [1.165, 1.54) is 10.7 Å². The Labute approximate surface area is 185 Å². The molecule has 170 valence electrons. The van der Waals surface area contributed by atoms with Crippen LogP contribution in [-0.2, 0) is 14.8 Å². The molecule has 0 unspecified atom stereocenters. The summed E-state index contributed by atoms with van der Waals surface area (Å²) in [6.45, 7) is 3.99. The van der Waals surface area contributed by atoms with Crippen LogP contribution < -0.4 is 0 Å². The largest absolute Gasteiger partial charge is 0.342 e. The molecule has 31 heavy (non-hydrogen) atoms. The molecule has 3 saturated heterocycles. The minimum Gasteiger partial charge on any atom is -0.342 e. The van der Waals surface area contributed by atoms with Gasteiger partial charge in [0.15, 0.2) is 0 Å². The summed E-state index contributed by atoms with van der Waals surface area (Å²) in [5, 5.41) is 0. The highest BCUT2D eigenvalue weighted by molar-refractivity contribution is 7.89. The van der Waals surface area contributed by atoms with E-state index in [9.17, 15) is 18.0 Å². The first-order valence-corrected chi connectivity index (χ1v) is 13.1. The van der Waals surface area contributed by atoms with E-state index < -0.39 is 10.0 Å². The average molecular weight is 448 g/mol. The van der Waals surface area contributed by atoms with E-state index in [4.69, 9.17) is 0 Å². The standard InChI is InChI=1S/C23H33N3O4S/c27-22(25-17-11-20(12-18-25)23(28)24-13-3-1-4-14-24)19-7-9-21(10-8-19)31(29,30)26-15-5-2-6-16-26/h7-10,20H,1-6,11-18H2. The van der Waals surface area contributed by atoms with Crippen molar-refractivity contribution in [3.05, 3.63) is 29.8 Å². The molecule has 0 saturated carbocycles. The molecule has 7 nitrogen and oxygen atoms in total. The van der Waals surface area contributed by atoms with Crippen LogP contribution in [-0.4, -0.2) is 73.6 Å². The number of carbonyl (C=O) groups is 2. The van der Waals surface area contributed by atoms with Crippen molar-refractivity contribution in [3.63, 3.8) is 0 Å². The Morgan fingerprint density at radius 2 is 1.26 bits per heavy atom. The lowest BCUT2D eigenvalue weighted by Gasteiger charge is -2.35. The van der Waals surface area contributed by atoms with Crippen LogP contribution in [0.2, 0.25) is 0 Å². The molecule has 3 aliphatic rings. The number of carbonyl (C=O) groups excluding carboxylic acids is 2. The van der Waals surface area contributed by atoms with Gasteiger partial charge in [-0.1, -0.05) is 6.42 Å². The molecule has 0 N–H and O–H groups in total. The first-order valence-electron chi connectivity index (χ1n) is 11.6. The molecule has 2 amide bonds. The lowest BCUT2D eigenvalue weighted by molar-refractivity contribution is -0.137. The number of nitrogens with zero attached hydrogens (tertiary/aromatic N) is 3. The number of piperidine rings is 3. The maximum atomic E-state index is 12.9. The lowest BCUT2D eigenvalue weighted by Crippen LogP contribution is -2.45. The highest BCUT2D eigenvalue weighted by atomic mass is 32.2. The van der Waals surface area contributed by atoms with E-state index in [0.29, 0.717) is 44.6 Å². The van der Waals surface area contributed by atoms with E-state index >= 15 is 0 Å². The van der Waals surface area contributed by atoms with Gasteiger partial charge >= 0.3 is 0 Å². The Kier molecular flexibility index (Phi) is 6.96. The second-order valence-corrected chi connectivity index (χ2v) is 10.9. The van der Waals surface area contributed by atoms with E-state index in [1.807, 2.05) is 4.90 Å². The average Bonchev–Trinajstić information content (AvgIpc) is 2.84. The summed E-state index contributed by atoms with van der Waals surface area (Å²) >= 11 is 0. The van der Waals surface area contributed by atoms with Crippen LogP contribution in [0.1, 0.15) is 61.7 Å². The molecule has 0 radical (unpaired) electrons. The van der Waals surface area contributed by atoms with Crippen LogP contribution in [0, 0.1) is 5.92 Å². The normalized spacial score (nSPS) is 21.8. The van der Waals surface area contributed by atoms with Gasteiger partial charge in [0.05, 0.1) is 4.90 Å². The SMILES string of the molecule is O=C(c1ccc(S(=O)(=O)N2CCCCC2)cc1)N1CCC(C(=O)N2CCCCC2)CC1. The van der Waals surface area contributed by atoms with Crippen molar-refractivity contribution in [2.75, 3.05) is 39.3 Å². The smallest absolute Gasteiger partial charge is 0.253 e. The first kappa shape index (κ1) is 22.3. The number of benzene rings is 1. The Hall–Kier alpha value is -1.93. The molecule has 8 heteroatoms. The van der Waals surface area contributed by atoms with Gasteiger partial charge in [-0.2, -0.15) is 4.31 Å². The number of likely N-dealkylation sites (tertiary alicyclic amines) is 2. The molecule has 0 aliphatic carbocycles. The monoisotopic (exact) mass is 447 g/mol. The molecule has 0 aromatic heterocycles. The zero-order valence-electron chi connectivity index (χ0n) is 18.2. The van der Waals surface area contributed by atoms with Gasteiger partial charge in [-0.3, -0.25) is 9.59 Å². The number of hydrogen-bond acceptors (Lipinski definition) is 4. The molecule has 3 fully saturated rings. The lowest BCUT2D eigenvalue weighted by atomic mass is 9.94. The van der Waals surface area contributed by atoms with Crippen molar-refractivity contribution in [2.24, 2.45) is 5.92 Å². The summed E-state index contributed by atoms with van der Waals surface area (Å²) in [7, 11) is -3.49. The summed E-state index contributed by atoms with van der Waals surface area (Å²) in [4.78, 5) is 29.7. The summed E-state index contributed by atoms with van der Waals surface area (Å²) < 4.78 is 27.1. The summed E-state index contributed by atoms with van der Waals surface area (Å²) in [5.74, 6) is 0.170. The van der Waals surface area contributed by atoms with E-state index in [-0.39, 0.29) is 22.6 Å². The van der Waals surface area contributed by atoms with E-state index in [1.54, 1.807) is 29.2 Å². The molecule has 3 heterocycles. The fraction of sp³-hybridized carbons (Fsp3) is 0.652. The third-order valence-electron chi connectivity index (χ3n) is 6.85. The Morgan fingerprint density at radius 1 is 0.710 bits per heavy atom. The number of amides is 2. The highest BCUT2D eigenvalue weighted by Crippen LogP contribution is 2.24. The fourth-order valence-electron chi connectivity index (χ4n) is 4.91. The van der Waals surface area contributed by atoms with Crippen LogP contribution in [0.4, 0.5) is 0 Å². The molecular formula is C23H33N3O4S. The van der Waals surface area contributed by atoms with Gasteiger partial charge < -0.3 is 9.80 Å². The molecule has 4 rings (SSSR count). The number of sulfonamides is 1. The maximum absolute atomic E-state index is 12.9. The predicted molar refractivity (Wildman–Crippen MR) is 118 cm³/mol. The Bertz CT molecular complexity index is 880. The van der Waals surface area contributed by atoms with Gasteiger partial charge in [0.1, 0.15) is 0 Å². The van der Waals surface area contributed by atoms with Crippen molar-refractivity contribution < 1.29 is 18.0 Å². The molecule has 1 aromatic carbocycles. The molecular weight excluding hydrogens is 414 g/mol. The third kappa shape index (κ3) is 4.95. The van der Waals surface area contributed by atoms with Gasteiger partial charge in [-0.15, -0.1) is 0 Å². The summed E-state index contributed by atoms with van der Waals surface area (Å²) in [6, 6.07) is 6.32. The second-order valence-electron chi connectivity index (χ2n) is 8.94. The minimum absolute atomic E-state index is 0.0132. The van der Waals surface area contributed by atoms with Crippen molar-refractivity contribution in [3.8, 4) is 0 Å². The van der Waals surface area contributed by atoms with Crippen LogP contribution in [0.25, 0.3) is 0 Å². The molecule has 1 aromatic rings. The zero-order valence-corrected chi connectivity index (χ0v) is 19.0. The van der Waals surface area contributed by atoms with Crippen molar-refractivity contribution in [1.29, 1.82) is 0 Å². The van der Waals surface area contributed by atoms with Crippen LogP contribution in [0.3, 0.4) is 0 Å². The second kappa shape index (κ2) is 9.69. The first-order chi connectivity index (χ1) is 15.0. The summed E-state index contributed by atoms with van der Waals surface area (Å²) in [6.07, 6.45) is 7.64. The van der Waals surface area contributed by atoms with Crippen LogP contribution >= 0.6 is 0 Å². The topological polar surface area (TPSA) is 78.0 Å². The number of rotatable bonds is 4.